The van der Waals surface area contributed by atoms with E-state index in [1.807, 2.05) is 38.1 Å². The molecule has 1 saturated heterocycles. The standard InChI is InChI=1S/C24H32N2O4S/c1-18-8-12-22(13-9-18)30-17-20(3)25-24(27)21-11-10-19(2)23(16-21)31(28,29)26-14-6-4-5-7-15-26/h8-13,16,20H,4-7,14-15,17H2,1-3H3,(H,25,27)/t20-/m1/s1. The molecule has 0 saturated carbocycles. The lowest BCUT2D eigenvalue weighted by Gasteiger charge is -2.21. The second-order valence-electron chi connectivity index (χ2n) is 8.30. The van der Waals surface area contributed by atoms with Crippen LogP contribution in [0.25, 0.3) is 0 Å². The van der Waals surface area contributed by atoms with Crippen molar-refractivity contribution in [1.82, 2.24) is 9.62 Å². The normalized spacial score (nSPS) is 16.4. The van der Waals surface area contributed by atoms with Crippen molar-refractivity contribution in [3.8, 4) is 5.75 Å². The monoisotopic (exact) mass is 444 g/mol. The van der Waals surface area contributed by atoms with Crippen molar-refractivity contribution in [2.24, 2.45) is 0 Å². The third-order valence-electron chi connectivity index (χ3n) is 5.53. The Morgan fingerprint density at radius 1 is 1.03 bits per heavy atom. The summed E-state index contributed by atoms with van der Waals surface area (Å²) in [6.45, 7) is 7.02. The molecule has 1 atom stereocenters. The van der Waals surface area contributed by atoms with Crippen LogP contribution in [-0.4, -0.2) is 44.4 Å². The molecular formula is C24H32N2O4S. The molecule has 0 unspecified atom stereocenters. The summed E-state index contributed by atoms with van der Waals surface area (Å²) >= 11 is 0. The van der Waals surface area contributed by atoms with E-state index in [9.17, 15) is 13.2 Å². The number of aryl methyl sites for hydroxylation is 2. The van der Waals surface area contributed by atoms with Gasteiger partial charge in [-0.05, 0) is 63.4 Å². The Morgan fingerprint density at radius 3 is 2.32 bits per heavy atom. The predicted molar refractivity (Wildman–Crippen MR) is 122 cm³/mol. The second kappa shape index (κ2) is 10.3. The molecular weight excluding hydrogens is 412 g/mol. The Balaban J connectivity index is 1.68. The SMILES string of the molecule is Cc1ccc(OC[C@@H](C)NC(=O)c2ccc(C)c(S(=O)(=O)N3CCCCCC3)c2)cc1. The molecule has 3 rings (SSSR count). The minimum Gasteiger partial charge on any atom is -0.491 e. The first-order valence-corrected chi connectivity index (χ1v) is 12.3. The van der Waals surface area contributed by atoms with Gasteiger partial charge in [0.1, 0.15) is 12.4 Å². The maximum absolute atomic E-state index is 13.2. The summed E-state index contributed by atoms with van der Waals surface area (Å²) in [6.07, 6.45) is 3.85. The van der Waals surface area contributed by atoms with Crippen LogP contribution in [0.1, 0.15) is 54.1 Å². The summed E-state index contributed by atoms with van der Waals surface area (Å²) in [4.78, 5) is 13.0. The zero-order chi connectivity index (χ0) is 22.4. The molecule has 168 valence electrons. The van der Waals surface area contributed by atoms with Gasteiger partial charge in [-0.25, -0.2) is 8.42 Å². The Hall–Kier alpha value is -2.38. The zero-order valence-electron chi connectivity index (χ0n) is 18.6. The predicted octanol–water partition coefficient (Wildman–Crippen LogP) is 4.07. The van der Waals surface area contributed by atoms with E-state index < -0.39 is 10.0 Å². The van der Waals surface area contributed by atoms with Gasteiger partial charge in [-0.2, -0.15) is 4.31 Å². The number of amides is 1. The molecule has 1 fully saturated rings. The Kier molecular flexibility index (Phi) is 7.73. The number of carbonyl (C=O) groups excluding carboxylic acids is 1. The number of sulfonamides is 1. The topological polar surface area (TPSA) is 75.7 Å². The lowest BCUT2D eigenvalue weighted by atomic mass is 10.1. The summed E-state index contributed by atoms with van der Waals surface area (Å²) in [5, 5.41) is 2.89. The fraction of sp³-hybridized carbons (Fsp3) is 0.458. The average molecular weight is 445 g/mol. The van der Waals surface area contributed by atoms with Crippen LogP contribution in [0.4, 0.5) is 0 Å². The highest BCUT2D eigenvalue weighted by Gasteiger charge is 2.27. The highest BCUT2D eigenvalue weighted by molar-refractivity contribution is 7.89. The van der Waals surface area contributed by atoms with Crippen LogP contribution in [0.15, 0.2) is 47.4 Å². The van der Waals surface area contributed by atoms with E-state index >= 15 is 0 Å². The smallest absolute Gasteiger partial charge is 0.251 e. The first-order valence-electron chi connectivity index (χ1n) is 10.9. The summed E-state index contributed by atoms with van der Waals surface area (Å²) in [6, 6.07) is 12.4. The summed E-state index contributed by atoms with van der Waals surface area (Å²) in [7, 11) is -3.62. The maximum Gasteiger partial charge on any atom is 0.251 e. The number of hydrogen-bond donors (Lipinski definition) is 1. The quantitative estimate of drug-likeness (QED) is 0.699. The maximum atomic E-state index is 13.2. The molecule has 0 aliphatic carbocycles. The molecule has 31 heavy (non-hydrogen) atoms. The van der Waals surface area contributed by atoms with Crippen molar-refractivity contribution < 1.29 is 17.9 Å². The molecule has 0 spiro atoms. The third kappa shape index (κ3) is 6.08. The Bertz CT molecular complexity index is 995. The molecule has 0 bridgehead atoms. The fourth-order valence-electron chi connectivity index (χ4n) is 3.64. The lowest BCUT2D eigenvalue weighted by molar-refractivity contribution is 0.0926. The van der Waals surface area contributed by atoms with Crippen LogP contribution in [0.3, 0.4) is 0 Å². The first-order chi connectivity index (χ1) is 14.8. The van der Waals surface area contributed by atoms with Crippen LogP contribution in [0.5, 0.6) is 5.75 Å². The van der Waals surface area contributed by atoms with Crippen LogP contribution in [-0.2, 0) is 10.0 Å². The number of ether oxygens (including phenoxy) is 1. The third-order valence-corrected chi connectivity index (χ3v) is 7.57. The van der Waals surface area contributed by atoms with Gasteiger partial charge in [0.05, 0.1) is 10.9 Å². The number of benzene rings is 2. The van der Waals surface area contributed by atoms with E-state index in [-0.39, 0.29) is 16.8 Å². The van der Waals surface area contributed by atoms with Gasteiger partial charge in [0.25, 0.3) is 5.91 Å². The molecule has 1 heterocycles. The number of hydrogen-bond acceptors (Lipinski definition) is 4. The van der Waals surface area contributed by atoms with Crippen LogP contribution in [0.2, 0.25) is 0 Å². The highest BCUT2D eigenvalue weighted by atomic mass is 32.2. The van der Waals surface area contributed by atoms with Crippen molar-refractivity contribution in [1.29, 1.82) is 0 Å². The van der Waals surface area contributed by atoms with Crippen LogP contribution in [0, 0.1) is 13.8 Å². The van der Waals surface area contributed by atoms with E-state index in [1.54, 1.807) is 23.4 Å². The van der Waals surface area contributed by atoms with Gasteiger partial charge >= 0.3 is 0 Å². The fourth-order valence-corrected chi connectivity index (χ4v) is 5.41. The van der Waals surface area contributed by atoms with E-state index in [1.165, 1.54) is 6.07 Å². The van der Waals surface area contributed by atoms with Crippen molar-refractivity contribution in [3.63, 3.8) is 0 Å². The number of carbonyl (C=O) groups is 1. The van der Waals surface area contributed by atoms with Crippen molar-refractivity contribution in [2.45, 2.75) is 57.4 Å². The molecule has 2 aromatic carbocycles. The van der Waals surface area contributed by atoms with E-state index in [0.717, 1.165) is 37.0 Å². The molecule has 7 heteroatoms. The van der Waals surface area contributed by atoms with Crippen LogP contribution < -0.4 is 10.1 Å². The lowest BCUT2D eigenvalue weighted by Crippen LogP contribution is -2.37. The highest BCUT2D eigenvalue weighted by Crippen LogP contribution is 2.24. The van der Waals surface area contributed by atoms with Crippen LogP contribution >= 0.6 is 0 Å². The summed E-state index contributed by atoms with van der Waals surface area (Å²) in [5.41, 5.74) is 2.14. The molecule has 1 aliphatic rings. The van der Waals surface area contributed by atoms with Gasteiger partial charge in [-0.15, -0.1) is 0 Å². The molecule has 1 amide bonds. The first kappa shape index (κ1) is 23.3. The molecule has 6 nitrogen and oxygen atoms in total. The van der Waals surface area contributed by atoms with Gasteiger partial charge in [0.15, 0.2) is 0 Å². The summed E-state index contributed by atoms with van der Waals surface area (Å²) in [5.74, 6) is 0.431. The van der Waals surface area contributed by atoms with Crippen molar-refractivity contribution in [2.75, 3.05) is 19.7 Å². The van der Waals surface area contributed by atoms with E-state index in [4.69, 9.17) is 4.74 Å². The van der Waals surface area contributed by atoms with E-state index in [0.29, 0.717) is 30.8 Å². The molecule has 0 radical (unpaired) electrons. The van der Waals surface area contributed by atoms with Gasteiger partial charge in [-0.1, -0.05) is 36.6 Å². The average Bonchev–Trinajstić information content (AvgIpc) is 3.03. The Morgan fingerprint density at radius 2 is 1.68 bits per heavy atom. The van der Waals surface area contributed by atoms with Gasteiger partial charge in [-0.3, -0.25) is 4.79 Å². The van der Waals surface area contributed by atoms with Crippen molar-refractivity contribution in [3.05, 3.63) is 59.2 Å². The molecule has 2 aromatic rings. The second-order valence-corrected chi connectivity index (χ2v) is 10.2. The number of nitrogens with one attached hydrogen (secondary N) is 1. The number of rotatable bonds is 7. The van der Waals surface area contributed by atoms with E-state index in [2.05, 4.69) is 5.32 Å². The minimum atomic E-state index is -3.62. The molecule has 1 aliphatic heterocycles. The molecule has 0 aromatic heterocycles. The zero-order valence-corrected chi connectivity index (χ0v) is 19.4. The minimum absolute atomic E-state index is 0.214. The van der Waals surface area contributed by atoms with Gasteiger partial charge in [0.2, 0.25) is 10.0 Å². The number of nitrogens with zero attached hydrogens (tertiary/aromatic N) is 1. The van der Waals surface area contributed by atoms with Gasteiger partial charge < -0.3 is 10.1 Å². The molecule has 1 N–H and O–H groups in total. The Labute approximate surface area is 185 Å². The largest absolute Gasteiger partial charge is 0.491 e. The summed E-state index contributed by atoms with van der Waals surface area (Å²) < 4.78 is 33.7. The van der Waals surface area contributed by atoms with Gasteiger partial charge in [0, 0.05) is 18.7 Å². The van der Waals surface area contributed by atoms with Crippen molar-refractivity contribution >= 4 is 15.9 Å².